The summed E-state index contributed by atoms with van der Waals surface area (Å²) in [5.74, 6) is -0.163. The van der Waals surface area contributed by atoms with Crippen LogP contribution in [0.1, 0.15) is 11.1 Å². The Hall–Kier alpha value is -2.26. The molecule has 0 atom stereocenters. The molecule has 1 heterocycles. The van der Waals surface area contributed by atoms with Crippen LogP contribution in [0.4, 0.5) is 5.69 Å². The first kappa shape index (κ1) is 20.5. The van der Waals surface area contributed by atoms with Gasteiger partial charge < -0.3 is 10.1 Å². The van der Waals surface area contributed by atoms with Gasteiger partial charge in [0.25, 0.3) is 0 Å². The summed E-state index contributed by atoms with van der Waals surface area (Å²) in [6.07, 6.45) is 1.12. The minimum Gasteiger partial charge on any atom is -0.379 e. The van der Waals surface area contributed by atoms with E-state index in [-0.39, 0.29) is 17.2 Å². The second kappa shape index (κ2) is 9.29. The molecule has 7 nitrogen and oxygen atoms in total. The van der Waals surface area contributed by atoms with Crippen LogP contribution in [-0.4, -0.2) is 52.1 Å². The van der Waals surface area contributed by atoms with Crippen molar-refractivity contribution in [2.45, 2.75) is 17.7 Å². The second-order valence-electron chi connectivity index (χ2n) is 6.81. The lowest BCUT2D eigenvalue weighted by molar-refractivity contribution is -0.115. The molecular formula is C20H25N3O4S. The first-order valence-electron chi connectivity index (χ1n) is 9.21. The molecule has 0 aliphatic carbocycles. The molecule has 0 spiro atoms. The lowest BCUT2D eigenvalue weighted by Gasteiger charge is -2.26. The molecule has 0 aromatic heterocycles. The Kier molecular flexibility index (Phi) is 6.79. The molecule has 0 saturated carbocycles. The topological polar surface area (TPSA) is 102 Å². The third-order valence-electron chi connectivity index (χ3n) is 4.67. The number of primary sulfonamides is 1. The Morgan fingerprint density at radius 2 is 1.61 bits per heavy atom. The number of carbonyl (C=O) groups excluding carboxylic acids is 1. The van der Waals surface area contributed by atoms with Crippen molar-refractivity contribution in [2.75, 3.05) is 38.2 Å². The van der Waals surface area contributed by atoms with Crippen molar-refractivity contribution in [2.24, 2.45) is 5.14 Å². The summed E-state index contributed by atoms with van der Waals surface area (Å²) in [6.45, 7) is 4.56. The Morgan fingerprint density at radius 1 is 1.00 bits per heavy atom. The molecule has 2 aromatic carbocycles. The molecule has 0 radical (unpaired) electrons. The number of sulfonamides is 1. The molecule has 1 fully saturated rings. The maximum absolute atomic E-state index is 12.2. The number of benzene rings is 2. The van der Waals surface area contributed by atoms with Crippen LogP contribution in [0, 0.1) is 0 Å². The number of anilines is 1. The van der Waals surface area contributed by atoms with Gasteiger partial charge in [-0.15, -0.1) is 0 Å². The van der Waals surface area contributed by atoms with Crippen LogP contribution in [0.15, 0.2) is 53.4 Å². The van der Waals surface area contributed by atoms with Crippen molar-refractivity contribution in [3.63, 3.8) is 0 Å². The molecular weight excluding hydrogens is 378 g/mol. The molecule has 2 aromatic rings. The fourth-order valence-corrected chi connectivity index (χ4v) is 3.57. The van der Waals surface area contributed by atoms with Gasteiger partial charge in [0.1, 0.15) is 0 Å². The van der Waals surface area contributed by atoms with Crippen LogP contribution >= 0.6 is 0 Å². The van der Waals surface area contributed by atoms with Crippen molar-refractivity contribution in [1.82, 2.24) is 4.90 Å². The minimum absolute atomic E-state index is 0.0318. The number of hydrogen-bond donors (Lipinski definition) is 2. The van der Waals surface area contributed by atoms with Crippen molar-refractivity contribution < 1.29 is 17.9 Å². The number of nitrogens with zero attached hydrogens (tertiary/aromatic N) is 1. The average Bonchev–Trinajstić information content (AvgIpc) is 2.68. The van der Waals surface area contributed by atoms with E-state index in [4.69, 9.17) is 9.88 Å². The molecule has 8 heteroatoms. The van der Waals surface area contributed by atoms with E-state index >= 15 is 0 Å². The molecule has 1 saturated heterocycles. The molecule has 28 heavy (non-hydrogen) atoms. The summed E-state index contributed by atoms with van der Waals surface area (Å²) >= 11 is 0. The van der Waals surface area contributed by atoms with Crippen molar-refractivity contribution in [3.8, 4) is 0 Å². The molecule has 0 unspecified atom stereocenters. The summed E-state index contributed by atoms with van der Waals surface area (Å²) in [5.41, 5.74) is 2.68. The Balaban J connectivity index is 1.48. The van der Waals surface area contributed by atoms with E-state index in [0.29, 0.717) is 5.56 Å². The number of rotatable bonds is 7. The fraction of sp³-hybridized carbons (Fsp3) is 0.350. The van der Waals surface area contributed by atoms with Gasteiger partial charge in [0, 0.05) is 25.3 Å². The largest absolute Gasteiger partial charge is 0.379 e. The van der Waals surface area contributed by atoms with Crippen LogP contribution in [-0.2, 0) is 32.4 Å². The number of hydrogen-bond acceptors (Lipinski definition) is 5. The van der Waals surface area contributed by atoms with Gasteiger partial charge in [0.05, 0.1) is 24.5 Å². The van der Waals surface area contributed by atoms with Gasteiger partial charge in [-0.2, -0.15) is 0 Å². The summed E-state index contributed by atoms with van der Waals surface area (Å²) in [6, 6.07) is 13.8. The van der Waals surface area contributed by atoms with Crippen molar-refractivity contribution in [3.05, 3.63) is 59.7 Å². The third-order valence-corrected chi connectivity index (χ3v) is 5.60. The lowest BCUT2D eigenvalue weighted by Crippen LogP contribution is -2.37. The normalized spacial score (nSPS) is 15.3. The summed E-state index contributed by atoms with van der Waals surface area (Å²) in [7, 11) is -3.72. The highest BCUT2D eigenvalue weighted by Crippen LogP contribution is 2.13. The molecule has 1 amide bonds. The zero-order valence-corrected chi connectivity index (χ0v) is 16.5. The zero-order chi connectivity index (χ0) is 20.0. The molecule has 1 aliphatic heterocycles. The number of morpholine rings is 1. The predicted molar refractivity (Wildman–Crippen MR) is 108 cm³/mol. The van der Waals surface area contributed by atoms with Crippen molar-refractivity contribution >= 4 is 21.6 Å². The van der Waals surface area contributed by atoms with E-state index in [9.17, 15) is 13.2 Å². The van der Waals surface area contributed by atoms with Crippen LogP contribution in [0.2, 0.25) is 0 Å². The van der Waals surface area contributed by atoms with Crippen LogP contribution in [0.25, 0.3) is 0 Å². The average molecular weight is 404 g/mol. The summed E-state index contributed by atoms with van der Waals surface area (Å²) in [5, 5.41) is 7.93. The number of amides is 1. The number of nitrogens with two attached hydrogens (primary N) is 1. The smallest absolute Gasteiger partial charge is 0.238 e. The fourth-order valence-electron chi connectivity index (χ4n) is 3.05. The van der Waals surface area contributed by atoms with Gasteiger partial charge in [-0.1, -0.05) is 24.3 Å². The van der Waals surface area contributed by atoms with E-state index in [2.05, 4.69) is 10.2 Å². The van der Waals surface area contributed by atoms with Crippen LogP contribution in [0.5, 0.6) is 0 Å². The Bertz CT molecular complexity index is 890. The van der Waals surface area contributed by atoms with Gasteiger partial charge in [0.15, 0.2) is 0 Å². The number of carbonyl (C=O) groups is 1. The summed E-state index contributed by atoms with van der Waals surface area (Å²) < 4.78 is 27.9. The van der Waals surface area contributed by atoms with Gasteiger partial charge >= 0.3 is 0 Å². The minimum atomic E-state index is -3.72. The first-order valence-corrected chi connectivity index (χ1v) is 10.8. The molecule has 150 valence electrons. The van der Waals surface area contributed by atoms with Crippen molar-refractivity contribution in [1.29, 1.82) is 0 Å². The van der Waals surface area contributed by atoms with Crippen LogP contribution < -0.4 is 10.5 Å². The zero-order valence-electron chi connectivity index (χ0n) is 15.6. The third kappa shape index (κ3) is 6.13. The highest BCUT2D eigenvalue weighted by atomic mass is 32.2. The standard InChI is InChI=1S/C20H25N3O4S/c21-28(25,26)19-7-3-17(4-8-19)15-20(24)22-18-5-1-16(2-6-18)9-10-23-11-13-27-14-12-23/h1-8H,9-15H2,(H,22,24)(H2,21,25,26). The molecule has 0 bridgehead atoms. The Labute approximate surface area is 165 Å². The number of nitrogens with one attached hydrogen (secondary N) is 1. The maximum Gasteiger partial charge on any atom is 0.238 e. The lowest BCUT2D eigenvalue weighted by atomic mass is 10.1. The Morgan fingerprint density at radius 3 is 2.21 bits per heavy atom. The van der Waals surface area contributed by atoms with E-state index in [1.807, 2.05) is 24.3 Å². The summed E-state index contributed by atoms with van der Waals surface area (Å²) in [4.78, 5) is 14.6. The monoisotopic (exact) mass is 403 g/mol. The first-order chi connectivity index (χ1) is 13.4. The van der Waals surface area contributed by atoms with Gasteiger partial charge in [-0.05, 0) is 41.8 Å². The van der Waals surface area contributed by atoms with Crippen LogP contribution in [0.3, 0.4) is 0 Å². The van der Waals surface area contributed by atoms with E-state index in [0.717, 1.165) is 45.0 Å². The highest BCUT2D eigenvalue weighted by Gasteiger charge is 2.11. The SMILES string of the molecule is NS(=O)(=O)c1ccc(CC(=O)Nc2ccc(CCN3CCOCC3)cc2)cc1. The van der Waals surface area contributed by atoms with Gasteiger partial charge in [0.2, 0.25) is 15.9 Å². The van der Waals surface area contributed by atoms with Gasteiger partial charge in [-0.3, -0.25) is 9.69 Å². The maximum atomic E-state index is 12.2. The van der Waals surface area contributed by atoms with Gasteiger partial charge in [-0.25, -0.2) is 13.6 Å². The number of ether oxygens (including phenoxy) is 1. The quantitative estimate of drug-likeness (QED) is 0.727. The molecule has 1 aliphatic rings. The van der Waals surface area contributed by atoms with E-state index in [1.165, 1.54) is 17.7 Å². The van der Waals surface area contributed by atoms with E-state index < -0.39 is 10.0 Å². The molecule has 3 N–H and O–H groups in total. The van der Waals surface area contributed by atoms with E-state index in [1.54, 1.807) is 12.1 Å². The second-order valence-corrected chi connectivity index (χ2v) is 8.38. The molecule has 3 rings (SSSR count). The highest BCUT2D eigenvalue weighted by molar-refractivity contribution is 7.89. The predicted octanol–water partition coefficient (Wildman–Crippen LogP) is 1.39.